The highest BCUT2D eigenvalue weighted by Crippen LogP contribution is 2.23. The van der Waals surface area contributed by atoms with E-state index in [1.165, 1.54) is 5.06 Å². The van der Waals surface area contributed by atoms with Crippen LogP contribution in [0.15, 0.2) is 34.3 Å². The largest absolute Gasteiger partial charge is 0.368 e. The van der Waals surface area contributed by atoms with Crippen LogP contribution in [0.1, 0.15) is 19.4 Å². The predicted molar refractivity (Wildman–Crippen MR) is 97.9 cm³/mol. The average molecular weight is 379 g/mol. The van der Waals surface area contributed by atoms with Crippen LogP contribution < -0.4 is 11.5 Å². The molecule has 1 aromatic rings. The normalized spacial score (nSPS) is 16.8. The molecule has 1 aliphatic heterocycles. The second-order valence-electron chi connectivity index (χ2n) is 5.10. The molecule has 0 fully saturated rings. The smallest absolute Gasteiger partial charge is 0.226 e. The molecule has 0 atom stereocenters. The van der Waals surface area contributed by atoms with Gasteiger partial charge in [-0.1, -0.05) is 41.4 Å². The molecule has 0 saturated heterocycles. The van der Waals surface area contributed by atoms with E-state index in [2.05, 4.69) is 9.98 Å². The Bertz CT molecular complexity index is 658. The molecule has 1 aromatic carbocycles. The Hall–Kier alpha value is -1.47. The summed E-state index contributed by atoms with van der Waals surface area (Å²) < 4.78 is 0. The van der Waals surface area contributed by atoms with Crippen LogP contribution in [0.3, 0.4) is 0 Å². The van der Waals surface area contributed by atoms with E-state index in [1.807, 2.05) is 32.1 Å². The zero-order valence-corrected chi connectivity index (χ0v) is 15.0. The molecule has 0 saturated carbocycles. The van der Waals surface area contributed by atoms with Gasteiger partial charge in [0.2, 0.25) is 11.9 Å². The Kier molecular flexibility index (Phi) is 6.70. The second kappa shape index (κ2) is 7.88. The van der Waals surface area contributed by atoms with Crippen LogP contribution in [0.25, 0.3) is 6.08 Å². The summed E-state index contributed by atoms with van der Waals surface area (Å²) in [6, 6.07) is 5.36. The van der Waals surface area contributed by atoms with Crippen molar-refractivity contribution in [2.24, 2.45) is 21.5 Å². The summed E-state index contributed by atoms with van der Waals surface area (Å²) in [5.41, 5.74) is 11.6. The fraction of sp³-hybridized carbons (Fsp3) is 0.286. The van der Waals surface area contributed by atoms with Crippen LogP contribution in [0, 0.1) is 0 Å². The molecule has 0 radical (unpaired) electrons. The minimum absolute atomic E-state index is 0. The van der Waals surface area contributed by atoms with Crippen molar-refractivity contribution < 1.29 is 4.84 Å². The molecule has 0 amide bonds. The van der Waals surface area contributed by atoms with E-state index in [0.717, 1.165) is 5.56 Å². The molecular formula is C14H18Cl3N5O. The van der Waals surface area contributed by atoms with Crippen molar-refractivity contribution in [2.45, 2.75) is 19.5 Å². The average Bonchev–Trinajstić information content (AvgIpc) is 2.40. The van der Waals surface area contributed by atoms with Crippen LogP contribution in [0.2, 0.25) is 10.0 Å². The molecule has 1 aliphatic rings. The van der Waals surface area contributed by atoms with Gasteiger partial charge in [-0.3, -0.25) is 4.84 Å². The zero-order valence-electron chi connectivity index (χ0n) is 12.7. The number of guanidine groups is 2. The molecule has 126 valence electrons. The van der Waals surface area contributed by atoms with Gasteiger partial charge >= 0.3 is 0 Å². The molecule has 1 heterocycles. The Labute approximate surface area is 151 Å². The summed E-state index contributed by atoms with van der Waals surface area (Å²) in [5, 5.41) is 2.44. The lowest BCUT2D eigenvalue weighted by Gasteiger charge is -2.36. The first kappa shape index (κ1) is 19.6. The Morgan fingerprint density at radius 3 is 2.57 bits per heavy atom. The van der Waals surface area contributed by atoms with E-state index in [4.69, 9.17) is 39.5 Å². The summed E-state index contributed by atoms with van der Waals surface area (Å²) in [6.45, 7) is 3.93. The zero-order chi connectivity index (χ0) is 16.3. The van der Waals surface area contributed by atoms with Crippen LogP contribution in [-0.4, -0.2) is 29.3 Å². The van der Waals surface area contributed by atoms with Crippen molar-refractivity contribution in [2.75, 3.05) is 6.61 Å². The summed E-state index contributed by atoms with van der Waals surface area (Å²) >= 11 is 11.8. The number of aliphatic imine (C=N–C) groups is 2. The standard InChI is InChI=1S/C14H17Cl2N5O.ClH/c1-14(2)20-12(17)19-13(18)21(14)22-7-3-4-9-5-6-10(15)11(16)8-9;/h3-6,8H,7H2,1-2H3,(H4,17,18,19,20);1H. The third-order valence-corrected chi connectivity index (χ3v) is 3.62. The number of hydrogen-bond donors (Lipinski definition) is 2. The van der Waals surface area contributed by atoms with E-state index >= 15 is 0 Å². The number of benzene rings is 1. The molecule has 0 spiro atoms. The van der Waals surface area contributed by atoms with Gasteiger partial charge in [0, 0.05) is 0 Å². The summed E-state index contributed by atoms with van der Waals surface area (Å²) in [4.78, 5) is 13.7. The molecule has 23 heavy (non-hydrogen) atoms. The van der Waals surface area contributed by atoms with Gasteiger partial charge < -0.3 is 11.5 Å². The lowest BCUT2D eigenvalue weighted by Crippen LogP contribution is -2.53. The first-order chi connectivity index (χ1) is 10.3. The molecule has 9 heteroatoms. The van der Waals surface area contributed by atoms with Crippen molar-refractivity contribution in [1.29, 1.82) is 0 Å². The van der Waals surface area contributed by atoms with Crippen molar-refractivity contribution in [3.05, 3.63) is 39.9 Å². The van der Waals surface area contributed by atoms with Crippen LogP contribution in [-0.2, 0) is 4.84 Å². The number of hydroxylamine groups is 2. The first-order valence-electron chi connectivity index (χ1n) is 6.54. The maximum Gasteiger partial charge on any atom is 0.226 e. The predicted octanol–water partition coefficient (Wildman–Crippen LogP) is 3.04. The number of halogens is 3. The van der Waals surface area contributed by atoms with Crippen molar-refractivity contribution in [1.82, 2.24) is 5.06 Å². The third kappa shape index (κ3) is 5.00. The van der Waals surface area contributed by atoms with Gasteiger partial charge in [0.1, 0.15) is 0 Å². The van der Waals surface area contributed by atoms with Crippen LogP contribution >= 0.6 is 35.6 Å². The fourth-order valence-electron chi connectivity index (χ4n) is 1.94. The molecule has 4 N–H and O–H groups in total. The molecule has 0 aliphatic carbocycles. The van der Waals surface area contributed by atoms with Gasteiger partial charge in [-0.15, -0.1) is 12.4 Å². The van der Waals surface area contributed by atoms with Gasteiger partial charge in [0.25, 0.3) is 0 Å². The van der Waals surface area contributed by atoms with Crippen LogP contribution in [0.4, 0.5) is 0 Å². The highest BCUT2D eigenvalue weighted by molar-refractivity contribution is 6.42. The summed E-state index contributed by atoms with van der Waals surface area (Å²) in [5.74, 6) is 0.300. The maximum atomic E-state index is 5.95. The minimum atomic E-state index is -0.715. The van der Waals surface area contributed by atoms with Crippen molar-refractivity contribution in [3.8, 4) is 0 Å². The van der Waals surface area contributed by atoms with Gasteiger partial charge in [-0.25, -0.2) is 4.99 Å². The van der Waals surface area contributed by atoms with Crippen molar-refractivity contribution in [3.63, 3.8) is 0 Å². The SMILES string of the molecule is CC1(C)N=C(N)N=C(N)N1OCC=Cc1ccc(Cl)c(Cl)c1.Cl. The lowest BCUT2D eigenvalue weighted by atomic mass is 10.2. The quantitative estimate of drug-likeness (QED) is 0.842. The van der Waals surface area contributed by atoms with Gasteiger partial charge in [0.15, 0.2) is 5.66 Å². The van der Waals surface area contributed by atoms with Gasteiger partial charge in [-0.2, -0.15) is 10.1 Å². The van der Waals surface area contributed by atoms with Crippen molar-refractivity contribution >= 4 is 53.6 Å². The van der Waals surface area contributed by atoms with Crippen LogP contribution in [0.5, 0.6) is 0 Å². The molecule has 0 aromatic heterocycles. The van der Waals surface area contributed by atoms with E-state index in [9.17, 15) is 0 Å². The Morgan fingerprint density at radius 2 is 1.96 bits per heavy atom. The molecule has 0 unspecified atom stereocenters. The number of hydrogen-bond acceptors (Lipinski definition) is 6. The molecular weight excluding hydrogens is 361 g/mol. The van der Waals surface area contributed by atoms with E-state index in [0.29, 0.717) is 10.0 Å². The number of nitrogens with zero attached hydrogens (tertiary/aromatic N) is 3. The Balaban J connectivity index is 0.00000264. The fourth-order valence-corrected chi connectivity index (χ4v) is 2.24. The highest BCUT2D eigenvalue weighted by Gasteiger charge is 2.32. The van der Waals surface area contributed by atoms with Gasteiger partial charge in [-0.05, 0) is 31.5 Å². The van der Waals surface area contributed by atoms with Gasteiger partial charge in [0.05, 0.1) is 16.7 Å². The van der Waals surface area contributed by atoms with E-state index in [1.54, 1.807) is 12.1 Å². The Morgan fingerprint density at radius 1 is 1.26 bits per heavy atom. The van der Waals surface area contributed by atoms with E-state index < -0.39 is 5.66 Å². The number of nitrogens with two attached hydrogens (primary N) is 2. The molecule has 6 nitrogen and oxygen atoms in total. The summed E-state index contributed by atoms with van der Waals surface area (Å²) in [6.07, 6.45) is 3.69. The highest BCUT2D eigenvalue weighted by atomic mass is 35.5. The monoisotopic (exact) mass is 377 g/mol. The van der Waals surface area contributed by atoms with E-state index in [-0.39, 0.29) is 30.9 Å². The topological polar surface area (TPSA) is 89.2 Å². The number of rotatable bonds is 4. The molecule has 2 rings (SSSR count). The minimum Gasteiger partial charge on any atom is -0.368 e. The summed E-state index contributed by atoms with van der Waals surface area (Å²) in [7, 11) is 0. The second-order valence-corrected chi connectivity index (χ2v) is 5.91. The third-order valence-electron chi connectivity index (χ3n) is 2.88. The maximum absolute atomic E-state index is 5.95. The lowest BCUT2D eigenvalue weighted by molar-refractivity contribution is -0.146. The molecule has 0 bridgehead atoms. The first-order valence-corrected chi connectivity index (χ1v) is 7.29.